The Morgan fingerprint density at radius 3 is 1.86 bits per heavy atom. The highest BCUT2D eigenvalue weighted by atomic mass is 35.5. The van der Waals surface area contributed by atoms with Gasteiger partial charge in [-0.15, -0.1) is 0 Å². The van der Waals surface area contributed by atoms with Crippen LogP contribution in [-0.4, -0.2) is 9.97 Å². The van der Waals surface area contributed by atoms with E-state index in [9.17, 15) is 0 Å². The summed E-state index contributed by atoms with van der Waals surface area (Å²) in [5, 5.41) is 3.36. The molecule has 170 valence electrons. The topological polar surface area (TPSA) is 38.9 Å². The fraction of sp³-hybridized carbons (Fsp3) is 0. The van der Waals surface area contributed by atoms with Gasteiger partial charge < -0.3 is 4.42 Å². The van der Waals surface area contributed by atoms with Gasteiger partial charge >= 0.3 is 0 Å². The molecular formula is C32H19ClN2O. The summed E-state index contributed by atoms with van der Waals surface area (Å²) < 4.78 is 6.41. The molecule has 3 nitrogen and oxygen atoms in total. The van der Waals surface area contributed by atoms with E-state index in [2.05, 4.69) is 70.6 Å². The van der Waals surface area contributed by atoms with Gasteiger partial charge in [-0.05, 0) is 68.9 Å². The molecule has 7 rings (SSSR count). The van der Waals surface area contributed by atoms with Gasteiger partial charge in [-0.2, -0.15) is 0 Å². The first-order valence-corrected chi connectivity index (χ1v) is 12.2. The molecule has 4 heteroatoms. The second kappa shape index (κ2) is 8.33. The van der Waals surface area contributed by atoms with E-state index in [-0.39, 0.29) is 5.28 Å². The van der Waals surface area contributed by atoms with Crippen LogP contribution in [0, 0.1) is 0 Å². The van der Waals surface area contributed by atoms with Crippen LogP contribution in [-0.2, 0) is 0 Å². The molecule has 0 bridgehead atoms. The molecule has 5 aromatic carbocycles. The molecule has 0 amide bonds. The first kappa shape index (κ1) is 20.9. The zero-order valence-corrected chi connectivity index (χ0v) is 19.9. The van der Waals surface area contributed by atoms with Crippen LogP contribution in [0.5, 0.6) is 0 Å². The van der Waals surface area contributed by atoms with Crippen LogP contribution >= 0.6 is 11.6 Å². The van der Waals surface area contributed by atoms with E-state index in [1.54, 1.807) is 0 Å². The highest BCUT2D eigenvalue weighted by Crippen LogP contribution is 2.40. The minimum absolute atomic E-state index is 0.194. The van der Waals surface area contributed by atoms with Gasteiger partial charge in [0.1, 0.15) is 16.8 Å². The molecule has 36 heavy (non-hydrogen) atoms. The number of halogens is 1. The van der Waals surface area contributed by atoms with Crippen LogP contribution in [0.15, 0.2) is 120 Å². The molecule has 0 fully saturated rings. The number of furan rings is 1. The highest BCUT2D eigenvalue weighted by Gasteiger charge is 2.19. The SMILES string of the molecule is Clc1nc(-c2cc(-c3ccccc3)cc(-c3ccccc3)c2)c2oc3ccc4ccccc4c3c2n1. The summed E-state index contributed by atoms with van der Waals surface area (Å²) in [6.45, 7) is 0. The van der Waals surface area contributed by atoms with E-state index in [4.69, 9.17) is 16.0 Å². The molecule has 0 saturated heterocycles. The third-order valence-corrected chi connectivity index (χ3v) is 6.77. The summed E-state index contributed by atoms with van der Waals surface area (Å²) in [5.41, 5.74) is 8.18. The van der Waals surface area contributed by atoms with Gasteiger partial charge in [-0.25, -0.2) is 9.97 Å². The van der Waals surface area contributed by atoms with Gasteiger partial charge in [-0.3, -0.25) is 0 Å². The van der Waals surface area contributed by atoms with E-state index in [0.717, 1.165) is 55.1 Å². The minimum Gasteiger partial charge on any atom is -0.452 e. The second-order valence-corrected chi connectivity index (χ2v) is 9.15. The lowest BCUT2D eigenvalue weighted by Gasteiger charge is -2.11. The lowest BCUT2D eigenvalue weighted by Crippen LogP contribution is -1.91. The van der Waals surface area contributed by atoms with Crippen molar-refractivity contribution in [3.05, 3.63) is 121 Å². The summed E-state index contributed by atoms with van der Waals surface area (Å²) in [6, 6.07) is 39.5. The fourth-order valence-electron chi connectivity index (χ4n) is 4.93. The van der Waals surface area contributed by atoms with Gasteiger partial charge in [0.2, 0.25) is 5.28 Å². The average Bonchev–Trinajstić information content (AvgIpc) is 3.32. The predicted molar refractivity (Wildman–Crippen MR) is 148 cm³/mol. The normalized spacial score (nSPS) is 11.5. The standard InChI is InChI=1S/C32H19ClN2O/c33-32-34-29(31-30(35-32)28-26-14-8-7-13-22(26)15-16-27(28)36-31)25-18-23(20-9-3-1-4-10-20)17-24(19-25)21-11-5-2-6-12-21/h1-19H. The molecule has 2 heterocycles. The van der Waals surface area contributed by atoms with Crippen LogP contribution in [0.3, 0.4) is 0 Å². The maximum atomic E-state index is 6.53. The van der Waals surface area contributed by atoms with Crippen molar-refractivity contribution in [2.45, 2.75) is 0 Å². The Bertz CT molecular complexity index is 1840. The molecule has 2 aromatic heterocycles. The monoisotopic (exact) mass is 482 g/mol. The van der Waals surface area contributed by atoms with E-state index < -0.39 is 0 Å². The Morgan fingerprint density at radius 1 is 0.556 bits per heavy atom. The summed E-state index contributed by atoms with van der Waals surface area (Å²) >= 11 is 6.53. The molecule has 0 radical (unpaired) electrons. The lowest BCUT2D eigenvalue weighted by atomic mass is 9.94. The van der Waals surface area contributed by atoms with Crippen molar-refractivity contribution in [2.75, 3.05) is 0 Å². The Hall–Kier alpha value is -4.47. The second-order valence-electron chi connectivity index (χ2n) is 8.81. The van der Waals surface area contributed by atoms with Crippen molar-refractivity contribution < 1.29 is 4.42 Å². The Kier molecular flexibility index (Phi) is 4.83. The molecule has 0 N–H and O–H groups in total. The summed E-state index contributed by atoms with van der Waals surface area (Å²) in [4.78, 5) is 9.30. The number of aromatic nitrogens is 2. The van der Waals surface area contributed by atoms with Gasteiger partial charge in [0.05, 0.1) is 5.39 Å². The first-order chi connectivity index (χ1) is 17.7. The van der Waals surface area contributed by atoms with Crippen LogP contribution in [0.1, 0.15) is 0 Å². The maximum Gasteiger partial charge on any atom is 0.223 e. The Balaban J connectivity index is 1.55. The summed E-state index contributed by atoms with van der Waals surface area (Å²) in [5.74, 6) is 0. The first-order valence-electron chi connectivity index (χ1n) is 11.8. The van der Waals surface area contributed by atoms with Crippen molar-refractivity contribution >= 4 is 44.4 Å². The maximum absolute atomic E-state index is 6.53. The van der Waals surface area contributed by atoms with E-state index in [0.29, 0.717) is 11.3 Å². The molecule has 7 aromatic rings. The summed E-state index contributed by atoms with van der Waals surface area (Å²) in [7, 11) is 0. The number of hydrogen-bond acceptors (Lipinski definition) is 3. The van der Waals surface area contributed by atoms with Crippen molar-refractivity contribution in [3.63, 3.8) is 0 Å². The largest absolute Gasteiger partial charge is 0.452 e. The highest BCUT2D eigenvalue weighted by molar-refractivity contribution is 6.29. The molecule has 0 spiro atoms. The van der Waals surface area contributed by atoms with Crippen molar-refractivity contribution in [2.24, 2.45) is 0 Å². The predicted octanol–water partition coefficient (Wildman–Crippen LogP) is 9.18. The van der Waals surface area contributed by atoms with Crippen LogP contribution in [0.4, 0.5) is 0 Å². The fourth-order valence-corrected chi connectivity index (χ4v) is 5.10. The smallest absolute Gasteiger partial charge is 0.223 e. The van der Waals surface area contributed by atoms with Gasteiger partial charge in [0, 0.05) is 5.56 Å². The van der Waals surface area contributed by atoms with Crippen LogP contribution < -0.4 is 0 Å². The molecule has 0 atom stereocenters. The third-order valence-electron chi connectivity index (χ3n) is 6.60. The molecule has 0 saturated carbocycles. The zero-order valence-electron chi connectivity index (χ0n) is 19.2. The van der Waals surface area contributed by atoms with Gasteiger partial charge in [-0.1, -0.05) is 91.0 Å². The van der Waals surface area contributed by atoms with Crippen LogP contribution in [0.25, 0.3) is 66.4 Å². The Morgan fingerprint density at radius 2 is 1.17 bits per heavy atom. The average molecular weight is 483 g/mol. The zero-order chi connectivity index (χ0) is 24.1. The van der Waals surface area contributed by atoms with Crippen molar-refractivity contribution in [1.82, 2.24) is 9.97 Å². The molecule has 0 aliphatic rings. The molecule has 0 aliphatic heterocycles. The summed E-state index contributed by atoms with van der Waals surface area (Å²) in [6.07, 6.45) is 0. The minimum atomic E-state index is 0.194. The number of nitrogens with zero attached hydrogens (tertiary/aromatic N) is 2. The van der Waals surface area contributed by atoms with Crippen molar-refractivity contribution in [3.8, 4) is 33.5 Å². The van der Waals surface area contributed by atoms with Crippen LogP contribution in [0.2, 0.25) is 5.28 Å². The quantitative estimate of drug-likeness (QED) is 0.235. The molecule has 0 unspecified atom stereocenters. The van der Waals surface area contributed by atoms with E-state index in [1.165, 1.54) is 0 Å². The van der Waals surface area contributed by atoms with Gasteiger partial charge in [0.25, 0.3) is 0 Å². The molecular weight excluding hydrogens is 464 g/mol. The van der Waals surface area contributed by atoms with E-state index >= 15 is 0 Å². The van der Waals surface area contributed by atoms with Gasteiger partial charge in [0.15, 0.2) is 5.58 Å². The van der Waals surface area contributed by atoms with Crippen molar-refractivity contribution in [1.29, 1.82) is 0 Å². The number of fused-ring (bicyclic) bond motifs is 5. The molecule has 0 aliphatic carbocycles. The van der Waals surface area contributed by atoms with E-state index in [1.807, 2.05) is 54.6 Å². The lowest BCUT2D eigenvalue weighted by molar-refractivity contribution is 0.667. The number of benzene rings is 5. The number of hydrogen-bond donors (Lipinski definition) is 0. The third kappa shape index (κ3) is 3.44. The Labute approximate surface area is 212 Å². The number of rotatable bonds is 3.